The fourth-order valence-electron chi connectivity index (χ4n) is 3.64. The van der Waals surface area contributed by atoms with Crippen LogP contribution in [0, 0.1) is 0 Å². The van der Waals surface area contributed by atoms with Crippen LogP contribution in [0.3, 0.4) is 0 Å². The number of aromatic amines is 1. The molecule has 0 spiro atoms. The zero-order valence-corrected chi connectivity index (χ0v) is 14.9. The van der Waals surface area contributed by atoms with E-state index in [0.29, 0.717) is 0 Å². The highest BCUT2D eigenvalue weighted by atomic mass is 16.2. The van der Waals surface area contributed by atoms with Crippen LogP contribution >= 0.6 is 0 Å². The number of anilines is 1. The van der Waals surface area contributed by atoms with Crippen molar-refractivity contribution in [1.82, 2.24) is 14.9 Å². The summed E-state index contributed by atoms with van der Waals surface area (Å²) in [6, 6.07) is 12.7. The van der Waals surface area contributed by atoms with Gasteiger partial charge in [-0.1, -0.05) is 36.9 Å². The summed E-state index contributed by atoms with van der Waals surface area (Å²) in [5.41, 5.74) is 4.32. The average Bonchev–Trinajstić information content (AvgIpc) is 3.34. The Kier molecular flexibility index (Phi) is 4.21. The van der Waals surface area contributed by atoms with Gasteiger partial charge in [0.15, 0.2) is 0 Å². The average molecular weight is 346 g/mol. The second-order valence-electron chi connectivity index (χ2n) is 6.70. The summed E-state index contributed by atoms with van der Waals surface area (Å²) in [7, 11) is 1.85. The van der Waals surface area contributed by atoms with Crippen LogP contribution in [0.4, 0.5) is 5.69 Å². The van der Waals surface area contributed by atoms with E-state index in [1.54, 1.807) is 4.90 Å². The molecule has 2 aromatic heterocycles. The third-order valence-electron chi connectivity index (χ3n) is 5.20. The first kappa shape index (κ1) is 16.4. The van der Waals surface area contributed by atoms with E-state index in [4.69, 9.17) is 0 Å². The van der Waals surface area contributed by atoms with Crippen LogP contribution in [0.25, 0.3) is 22.2 Å². The van der Waals surface area contributed by atoms with Crippen molar-refractivity contribution in [1.29, 1.82) is 0 Å². The summed E-state index contributed by atoms with van der Waals surface area (Å²) < 4.78 is 0. The molecule has 3 heterocycles. The molecule has 1 saturated heterocycles. The fraction of sp³-hybridized carbons (Fsp3) is 0.238. The molecule has 1 aliphatic rings. The smallest absolute Gasteiger partial charge is 0.246 e. The van der Waals surface area contributed by atoms with Crippen molar-refractivity contribution < 1.29 is 4.79 Å². The summed E-state index contributed by atoms with van der Waals surface area (Å²) in [6.07, 6.45) is 6.25. The molecule has 1 fully saturated rings. The molecule has 1 aromatic carbocycles. The van der Waals surface area contributed by atoms with Gasteiger partial charge in [0.05, 0.1) is 17.9 Å². The molecule has 5 nitrogen and oxygen atoms in total. The molecule has 1 atom stereocenters. The predicted molar refractivity (Wildman–Crippen MR) is 105 cm³/mol. The minimum Gasteiger partial charge on any atom is -0.368 e. The Balaban J connectivity index is 1.62. The lowest BCUT2D eigenvalue weighted by molar-refractivity contribution is -0.126. The van der Waals surface area contributed by atoms with Crippen LogP contribution in [0.5, 0.6) is 0 Å². The molecule has 26 heavy (non-hydrogen) atoms. The summed E-state index contributed by atoms with van der Waals surface area (Å²) in [4.78, 5) is 23.8. The van der Waals surface area contributed by atoms with E-state index in [9.17, 15) is 4.79 Å². The summed E-state index contributed by atoms with van der Waals surface area (Å²) in [6.45, 7) is 5.31. The first-order chi connectivity index (χ1) is 12.7. The van der Waals surface area contributed by atoms with Gasteiger partial charge in [-0.3, -0.25) is 4.79 Å². The number of carbonyl (C=O) groups excluding carboxylic acids is 1. The molecule has 0 saturated carbocycles. The van der Waals surface area contributed by atoms with E-state index in [1.165, 1.54) is 11.6 Å². The summed E-state index contributed by atoms with van der Waals surface area (Å²) >= 11 is 0. The van der Waals surface area contributed by atoms with Gasteiger partial charge in [-0.25, -0.2) is 4.98 Å². The SMILES string of the molecule is C=CC(=O)N(C)[C@@H]1CCN(c2cnc3[nH]cc(-c4ccccc4)c3c2)C1. The van der Waals surface area contributed by atoms with Gasteiger partial charge in [-0.2, -0.15) is 0 Å². The number of nitrogens with zero attached hydrogens (tertiary/aromatic N) is 3. The number of likely N-dealkylation sites (N-methyl/N-ethyl adjacent to an activating group) is 1. The topological polar surface area (TPSA) is 52.2 Å². The number of pyridine rings is 1. The minimum atomic E-state index is -0.0255. The fourth-order valence-corrected chi connectivity index (χ4v) is 3.64. The van der Waals surface area contributed by atoms with Crippen LogP contribution < -0.4 is 4.90 Å². The number of aromatic nitrogens is 2. The van der Waals surface area contributed by atoms with Crippen LogP contribution in [0.1, 0.15) is 6.42 Å². The Bertz CT molecular complexity index is 947. The first-order valence-electron chi connectivity index (χ1n) is 8.84. The van der Waals surface area contributed by atoms with Gasteiger partial charge < -0.3 is 14.8 Å². The van der Waals surface area contributed by atoms with Gasteiger partial charge in [-0.05, 0) is 24.1 Å². The summed E-state index contributed by atoms with van der Waals surface area (Å²) in [5, 5.41) is 1.12. The number of carbonyl (C=O) groups is 1. The molecule has 1 N–H and O–H groups in total. The monoisotopic (exact) mass is 346 g/mol. The molecular weight excluding hydrogens is 324 g/mol. The number of amides is 1. The third kappa shape index (κ3) is 2.86. The molecule has 0 unspecified atom stereocenters. The van der Waals surface area contributed by atoms with Crippen molar-refractivity contribution >= 4 is 22.6 Å². The van der Waals surface area contributed by atoms with Crippen molar-refractivity contribution in [3.63, 3.8) is 0 Å². The molecule has 0 aliphatic carbocycles. The van der Waals surface area contributed by atoms with Crippen LogP contribution in [-0.2, 0) is 4.79 Å². The van der Waals surface area contributed by atoms with Crippen LogP contribution in [0.2, 0.25) is 0 Å². The first-order valence-corrected chi connectivity index (χ1v) is 8.84. The lowest BCUT2D eigenvalue weighted by atomic mass is 10.1. The maximum atomic E-state index is 11.9. The Morgan fingerprint density at radius 3 is 2.96 bits per heavy atom. The number of nitrogens with one attached hydrogen (secondary N) is 1. The van der Waals surface area contributed by atoms with Gasteiger partial charge in [0, 0.05) is 37.3 Å². The Morgan fingerprint density at radius 1 is 1.38 bits per heavy atom. The highest BCUT2D eigenvalue weighted by Gasteiger charge is 2.28. The zero-order valence-electron chi connectivity index (χ0n) is 14.9. The molecule has 4 rings (SSSR count). The van der Waals surface area contributed by atoms with E-state index in [2.05, 4.69) is 39.6 Å². The number of rotatable bonds is 4. The van der Waals surface area contributed by atoms with Gasteiger partial charge in [0.1, 0.15) is 5.65 Å². The number of fused-ring (bicyclic) bond motifs is 1. The van der Waals surface area contributed by atoms with Gasteiger partial charge in [-0.15, -0.1) is 0 Å². The van der Waals surface area contributed by atoms with Crippen molar-refractivity contribution in [2.75, 3.05) is 25.0 Å². The van der Waals surface area contributed by atoms with Gasteiger partial charge >= 0.3 is 0 Å². The van der Waals surface area contributed by atoms with Crippen molar-refractivity contribution in [3.8, 4) is 11.1 Å². The second kappa shape index (κ2) is 6.67. The largest absolute Gasteiger partial charge is 0.368 e. The van der Waals surface area contributed by atoms with Gasteiger partial charge in [0.2, 0.25) is 5.91 Å². The molecule has 0 radical (unpaired) electrons. The van der Waals surface area contributed by atoms with E-state index in [1.807, 2.05) is 37.6 Å². The molecule has 0 bridgehead atoms. The highest BCUT2D eigenvalue weighted by molar-refractivity contribution is 5.95. The van der Waals surface area contributed by atoms with Crippen molar-refractivity contribution in [3.05, 3.63) is 61.4 Å². The lowest BCUT2D eigenvalue weighted by Gasteiger charge is -2.24. The molecule has 132 valence electrons. The molecular formula is C21H22N4O. The van der Waals surface area contributed by atoms with Crippen molar-refractivity contribution in [2.45, 2.75) is 12.5 Å². The van der Waals surface area contributed by atoms with E-state index in [0.717, 1.165) is 41.8 Å². The quantitative estimate of drug-likeness (QED) is 0.736. The Morgan fingerprint density at radius 2 is 2.19 bits per heavy atom. The Hall–Kier alpha value is -3.08. The van der Waals surface area contributed by atoms with E-state index >= 15 is 0 Å². The Labute approximate surface area is 153 Å². The van der Waals surface area contributed by atoms with Crippen LogP contribution in [-0.4, -0.2) is 47.0 Å². The maximum absolute atomic E-state index is 11.9. The lowest BCUT2D eigenvalue weighted by Crippen LogP contribution is -2.38. The molecule has 3 aromatic rings. The third-order valence-corrected chi connectivity index (χ3v) is 5.20. The summed E-state index contributed by atoms with van der Waals surface area (Å²) in [5.74, 6) is -0.0255. The zero-order chi connectivity index (χ0) is 18.1. The number of H-pyrrole nitrogens is 1. The van der Waals surface area contributed by atoms with E-state index < -0.39 is 0 Å². The molecule has 1 aliphatic heterocycles. The minimum absolute atomic E-state index is 0.0255. The molecule has 5 heteroatoms. The maximum Gasteiger partial charge on any atom is 0.246 e. The standard InChI is InChI=1S/C21H22N4O/c1-3-20(26)24(2)16-9-10-25(14-16)17-11-18-19(13-23-21(18)22-12-17)15-7-5-4-6-8-15/h3-8,11-13,16H,1,9-10,14H2,2H3,(H,22,23)/t16-/m1/s1. The second-order valence-corrected chi connectivity index (χ2v) is 6.70. The van der Waals surface area contributed by atoms with Gasteiger partial charge in [0.25, 0.3) is 0 Å². The van der Waals surface area contributed by atoms with Crippen LogP contribution in [0.15, 0.2) is 61.4 Å². The van der Waals surface area contributed by atoms with E-state index in [-0.39, 0.29) is 11.9 Å². The number of benzene rings is 1. The normalized spacial score (nSPS) is 16.8. The molecule has 1 amide bonds. The number of hydrogen-bond donors (Lipinski definition) is 1. The predicted octanol–water partition coefficient (Wildman–Crippen LogP) is 3.45. The number of hydrogen-bond acceptors (Lipinski definition) is 3. The van der Waals surface area contributed by atoms with Crippen molar-refractivity contribution in [2.24, 2.45) is 0 Å². The highest BCUT2D eigenvalue weighted by Crippen LogP contribution is 2.31.